The Morgan fingerprint density at radius 2 is 2.00 bits per heavy atom. The van der Waals surface area contributed by atoms with E-state index in [-0.39, 0.29) is 28.1 Å². The number of aromatic nitrogens is 2. The molecule has 0 aliphatic carbocycles. The minimum atomic E-state index is -3.16. The van der Waals surface area contributed by atoms with Crippen LogP contribution in [0.5, 0.6) is 0 Å². The first kappa shape index (κ1) is 24.0. The fourth-order valence-electron chi connectivity index (χ4n) is 3.49. The fourth-order valence-corrected chi connectivity index (χ4v) is 6.06. The van der Waals surface area contributed by atoms with Crippen LogP contribution >= 0.6 is 23.4 Å². The van der Waals surface area contributed by atoms with E-state index >= 15 is 0 Å². The summed E-state index contributed by atoms with van der Waals surface area (Å²) in [6.07, 6.45) is 2.82. The van der Waals surface area contributed by atoms with E-state index < -0.39 is 15.9 Å². The summed E-state index contributed by atoms with van der Waals surface area (Å²) in [5, 5.41) is 0.668. The minimum Gasteiger partial charge on any atom is -0.329 e. The molecular formula is C22H28ClN3O3S2. The van der Waals surface area contributed by atoms with Gasteiger partial charge >= 0.3 is 0 Å². The van der Waals surface area contributed by atoms with Gasteiger partial charge in [-0.1, -0.05) is 68.4 Å². The maximum absolute atomic E-state index is 13.5. The maximum atomic E-state index is 13.5. The molecule has 168 valence electrons. The van der Waals surface area contributed by atoms with Gasteiger partial charge in [-0.25, -0.2) is 18.4 Å². The second-order valence-corrected chi connectivity index (χ2v) is 11.8. The lowest BCUT2D eigenvalue weighted by Crippen LogP contribution is -2.41. The molecule has 0 bridgehead atoms. The van der Waals surface area contributed by atoms with Crippen LogP contribution < -0.4 is 0 Å². The number of carbonyl (C=O) groups excluding carboxylic acids is 1. The van der Waals surface area contributed by atoms with Crippen LogP contribution in [0.3, 0.4) is 0 Å². The summed E-state index contributed by atoms with van der Waals surface area (Å²) >= 11 is 7.76. The zero-order valence-electron chi connectivity index (χ0n) is 18.0. The van der Waals surface area contributed by atoms with Crippen LogP contribution in [0.1, 0.15) is 61.1 Å². The molecular weight excluding hydrogens is 454 g/mol. The van der Waals surface area contributed by atoms with Gasteiger partial charge in [0.05, 0.1) is 22.7 Å². The van der Waals surface area contributed by atoms with Gasteiger partial charge in [-0.2, -0.15) is 0 Å². The summed E-state index contributed by atoms with van der Waals surface area (Å²) in [4.78, 5) is 23.7. The molecule has 2 heterocycles. The average Bonchev–Trinajstić information content (AvgIpc) is 3.10. The molecule has 1 atom stereocenters. The van der Waals surface area contributed by atoms with E-state index in [9.17, 15) is 13.2 Å². The molecule has 1 aromatic heterocycles. The summed E-state index contributed by atoms with van der Waals surface area (Å²) in [6, 6.07) is 7.67. The van der Waals surface area contributed by atoms with Crippen molar-refractivity contribution in [3.05, 3.63) is 52.3 Å². The van der Waals surface area contributed by atoms with Crippen molar-refractivity contribution in [1.29, 1.82) is 0 Å². The van der Waals surface area contributed by atoms with Crippen LogP contribution in [0, 0.1) is 0 Å². The van der Waals surface area contributed by atoms with Crippen molar-refractivity contribution in [2.75, 3.05) is 17.3 Å². The highest BCUT2D eigenvalue weighted by atomic mass is 35.5. The Kier molecular flexibility index (Phi) is 7.99. The highest BCUT2D eigenvalue weighted by Crippen LogP contribution is 2.26. The molecule has 1 amide bonds. The number of halogens is 1. The Labute approximate surface area is 193 Å². The summed E-state index contributed by atoms with van der Waals surface area (Å²) < 4.78 is 24.2. The lowest BCUT2D eigenvalue weighted by atomic mass is 10.0. The van der Waals surface area contributed by atoms with Gasteiger partial charge in [0.1, 0.15) is 0 Å². The molecule has 1 fully saturated rings. The van der Waals surface area contributed by atoms with Gasteiger partial charge in [0.25, 0.3) is 5.91 Å². The van der Waals surface area contributed by atoms with E-state index in [0.29, 0.717) is 24.0 Å². The summed E-state index contributed by atoms with van der Waals surface area (Å²) in [5.41, 5.74) is 2.27. The second-order valence-electron chi connectivity index (χ2n) is 8.08. The SMILES string of the molecule is CCCSc1ncc(Cl)c(C(=O)N(Cc2ccc(C(C)C)cc2)[C@H]2CCS(=O)(=O)C2)n1. The quantitative estimate of drug-likeness (QED) is 0.405. The Hall–Kier alpha value is -1.64. The van der Waals surface area contributed by atoms with Gasteiger partial charge in [-0.15, -0.1) is 0 Å². The summed E-state index contributed by atoms with van der Waals surface area (Å²) in [7, 11) is -3.16. The summed E-state index contributed by atoms with van der Waals surface area (Å²) in [6.45, 7) is 6.61. The molecule has 0 unspecified atom stereocenters. The third kappa shape index (κ3) is 6.20. The normalized spacial score (nSPS) is 17.8. The van der Waals surface area contributed by atoms with Gasteiger partial charge in [0.15, 0.2) is 20.7 Å². The van der Waals surface area contributed by atoms with Crippen molar-refractivity contribution >= 4 is 39.1 Å². The van der Waals surface area contributed by atoms with E-state index in [1.807, 2.05) is 24.3 Å². The zero-order valence-corrected chi connectivity index (χ0v) is 20.4. The molecule has 6 nitrogen and oxygen atoms in total. The molecule has 2 aromatic rings. The first-order chi connectivity index (χ1) is 14.7. The highest BCUT2D eigenvalue weighted by molar-refractivity contribution is 7.99. The molecule has 0 N–H and O–H groups in total. The highest BCUT2D eigenvalue weighted by Gasteiger charge is 2.36. The predicted molar refractivity (Wildman–Crippen MR) is 126 cm³/mol. The molecule has 1 aliphatic heterocycles. The van der Waals surface area contributed by atoms with Crippen LogP contribution in [0.2, 0.25) is 5.02 Å². The molecule has 1 aromatic carbocycles. The van der Waals surface area contributed by atoms with Gasteiger partial charge in [0.2, 0.25) is 0 Å². The molecule has 3 rings (SSSR count). The topological polar surface area (TPSA) is 80.2 Å². The van der Waals surface area contributed by atoms with Gasteiger partial charge in [-0.3, -0.25) is 4.79 Å². The molecule has 9 heteroatoms. The van der Waals surface area contributed by atoms with E-state index in [2.05, 4.69) is 30.7 Å². The number of hydrogen-bond acceptors (Lipinski definition) is 6. The number of sulfone groups is 1. The number of nitrogens with zero attached hydrogens (tertiary/aromatic N) is 3. The predicted octanol–water partition coefficient (Wildman–Crippen LogP) is 4.59. The van der Waals surface area contributed by atoms with Crippen LogP contribution in [0.25, 0.3) is 0 Å². The van der Waals surface area contributed by atoms with Crippen LogP contribution in [-0.4, -0.2) is 52.5 Å². The van der Waals surface area contributed by atoms with E-state index in [0.717, 1.165) is 17.7 Å². The minimum absolute atomic E-state index is 0.0387. The molecule has 31 heavy (non-hydrogen) atoms. The monoisotopic (exact) mass is 481 g/mol. The van der Waals surface area contributed by atoms with Crippen LogP contribution in [-0.2, 0) is 16.4 Å². The Morgan fingerprint density at radius 1 is 1.29 bits per heavy atom. The first-order valence-electron chi connectivity index (χ1n) is 10.5. The average molecular weight is 482 g/mol. The summed E-state index contributed by atoms with van der Waals surface area (Å²) in [5.74, 6) is 0.930. The lowest BCUT2D eigenvalue weighted by molar-refractivity contribution is 0.0674. The fraction of sp³-hybridized carbons (Fsp3) is 0.500. The van der Waals surface area contributed by atoms with Crippen molar-refractivity contribution in [3.63, 3.8) is 0 Å². The van der Waals surface area contributed by atoms with Crippen molar-refractivity contribution in [2.45, 2.75) is 57.3 Å². The largest absolute Gasteiger partial charge is 0.329 e. The second kappa shape index (κ2) is 10.3. The molecule has 0 radical (unpaired) electrons. The standard InChI is InChI=1S/C22H28ClN3O3S2/c1-4-10-30-22-24-12-19(23)20(25-22)21(27)26(18-9-11-31(28,29)14-18)13-16-5-7-17(8-6-16)15(2)3/h5-8,12,15,18H,4,9-11,13-14H2,1-3H3/t18-/m0/s1. The van der Waals surface area contributed by atoms with Crippen molar-refractivity contribution < 1.29 is 13.2 Å². The first-order valence-corrected chi connectivity index (χ1v) is 13.6. The number of carbonyl (C=O) groups is 1. The smallest absolute Gasteiger partial charge is 0.274 e. The van der Waals surface area contributed by atoms with E-state index in [1.54, 1.807) is 4.90 Å². The van der Waals surface area contributed by atoms with E-state index in [4.69, 9.17) is 11.6 Å². The maximum Gasteiger partial charge on any atom is 0.274 e. The van der Waals surface area contributed by atoms with Crippen molar-refractivity contribution in [1.82, 2.24) is 14.9 Å². The van der Waals surface area contributed by atoms with Crippen molar-refractivity contribution in [2.24, 2.45) is 0 Å². The zero-order chi connectivity index (χ0) is 22.6. The van der Waals surface area contributed by atoms with E-state index in [1.165, 1.54) is 23.5 Å². The van der Waals surface area contributed by atoms with Gasteiger partial charge in [-0.05, 0) is 29.9 Å². The number of rotatable bonds is 8. The Bertz CT molecular complexity index is 1030. The van der Waals surface area contributed by atoms with Gasteiger partial charge in [0, 0.05) is 18.3 Å². The molecule has 0 saturated carbocycles. The third-order valence-electron chi connectivity index (χ3n) is 5.27. The number of thioether (sulfide) groups is 1. The number of amides is 1. The lowest BCUT2D eigenvalue weighted by Gasteiger charge is -2.28. The Morgan fingerprint density at radius 3 is 2.58 bits per heavy atom. The van der Waals surface area contributed by atoms with Crippen LogP contribution in [0.15, 0.2) is 35.6 Å². The van der Waals surface area contributed by atoms with Crippen molar-refractivity contribution in [3.8, 4) is 0 Å². The van der Waals surface area contributed by atoms with Gasteiger partial charge < -0.3 is 4.90 Å². The molecule has 1 saturated heterocycles. The number of benzene rings is 1. The Balaban J connectivity index is 1.91. The van der Waals surface area contributed by atoms with Crippen LogP contribution in [0.4, 0.5) is 0 Å². The third-order valence-corrected chi connectivity index (χ3v) is 8.36. The number of hydrogen-bond donors (Lipinski definition) is 0. The molecule has 0 spiro atoms. The molecule has 1 aliphatic rings.